The minimum atomic E-state index is -1.00. The molecule has 3 aromatic rings. The lowest BCUT2D eigenvalue weighted by molar-refractivity contribution is -0.133. The van der Waals surface area contributed by atoms with Gasteiger partial charge in [-0.1, -0.05) is 28.1 Å². The smallest absolute Gasteiger partial charge is 0.328 e. The van der Waals surface area contributed by atoms with E-state index in [9.17, 15) is 14.7 Å². The minimum Gasteiger partial charge on any atom is -0.508 e. The highest BCUT2D eigenvalue weighted by molar-refractivity contribution is 9.10. The zero-order valence-electron chi connectivity index (χ0n) is 19.7. The number of carbonyl (C=O) groups excluding carboxylic acids is 2. The normalized spacial score (nSPS) is 23.8. The van der Waals surface area contributed by atoms with Crippen LogP contribution >= 0.6 is 15.9 Å². The number of hydrogen-bond acceptors (Lipinski definition) is 4. The second-order valence-corrected chi connectivity index (χ2v) is 11.2. The number of fused-ring (bicyclic) bond motifs is 4. The zero-order chi connectivity index (χ0) is 24.3. The SMILES string of the molecule is CC12Cc3c([nH]c4ccc(Br)cc34)C(c3cccc(O)c3)N1C(=O)N(CCCNCC1CC1)C2=O. The van der Waals surface area contributed by atoms with Crippen LogP contribution in [0.15, 0.2) is 46.9 Å². The van der Waals surface area contributed by atoms with Crippen molar-refractivity contribution < 1.29 is 14.7 Å². The molecule has 2 unspecified atom stereocenters. The number of benzene rings is 2. The van der Waals surface area contributed by atoms with Crippen LogP contribution in [0.5, 0.6) is 5.75 Å². The van der Waals surface area contributed by atoms with Crippen molar-refractivity contribution in [2.24, 2.45) is 5.92 Å². The van der Waals surface area contributed by atoms with Crippen LogP contribution in [0.2, 0.25) is 0 Å². The van der Waals surface area contributed by atoms with Crippen LogP contribution in [0.1, 0.15) is 49.0 Å². The lowest BCUT2D eigenvalue weighted by Crippen LogP contribution is -2.53. The van der Waals surface area contributed by atoms with Crippen molar-refractivity contribution >= 4 is 38.8 Å². The fourth-order valence-electron chi connectivity index (χ4n) is 5.71. The Bertz CT molecular complexity index is 1330. The second-order valence-electron chi connectivity index (χ2n) is 10.3. The van der Waals surface area contributed by atoms with E-state index in [1.54, 1.807) is 23.1 Å². The number of rotatable bonds is 7. The third kappa shape index (κ3) is 3.74. The number of imide groups is 1. The van der Waals surface area contributed by atoms with Gasteiger partial charge in [0.1, 0.15) is 17.3 Å². The highest BCUT2D eigenvalue weighted by atomic mass is 79.9. The number of aromatic hydroxyl groups is 1. The van der Waals surface area contributed by atoms with Gasteiger partial charge in [-0.2, -0.15) is 0 Å². The van der Waals surface area contributed by atoms with Gasteiger partial charge < -0.3 is 15.4 Å². The number of H-pyrrole nitrogens is 1. The predicted molar refractivity (Wildman–Crippen MR) is 137 cm³/mol. The maximum Gasteiger partial charge on any atom is 0.328 e. The molecule has 3 aliphatic rings. The van der Waals surface area contributed by atoms with Crippen LogP contribution in [0.25, 0.3) is 10.9 Å². The lowest BCUT2D eigenvalue weighted by atomic mass is 9.81. The van der Waals surface area contributed by atoms with Crippen molar-refractivity contribution in [3.8, 4) is 5.75 Å². The number of amides is 3. The molecule has 35 heavy (non-hydrogen) atoms. The monoisotopic (exact) mass is 536 g/mol. The molecule has 2 fully saturated rings. The molecule has 3 N–H and O–H groups in total. The number of phenolic OH excluding ortho intramolecular Hbond substituents is 1. The van der Waals surface area contributed by atoms with E-state index < -0.39 is 11.6 Å². The van der Waals surface area contributed by atoms with Crippen LogP contribution in [0.4, 0.5) is 4.79 Å². The Labute approximate surface area is 212 Å². The number of nitrogens with zero attached hydrogens (tertiary/aromatic N) is 2. The third-order valence-electron chi connectivity index (χ3n) is 7.68. The highest BCUT2D eigenvalue weighted by Crippen LogP contribution is 2.49. The summed E-state index contributed by atoms with van der Waals surface area (Å²) in [6.45, 7) is 4.09. The van der Waals surface area contributed by atoms with E-state index in [0.717, 1.165) is 57.6 Å². The van der Waals surface area contributed by atoms with Crippen LogP contribution < -0.4 is 5.32 Å². The first-order valence-electron chi connectivity index (χ1n) is 12.3. The Hall–Kier alpha value is -2.84. The van der Waals surface area contributed by atoms with Gasteiger partial charge in [-0.05, 0) is 86.7 Å². The van der Waals surface area contributed by atoms with Crippen LogP contribution in [-0.2, 0) is 11.2 Å². The molecule has 0 radical (unpaired) electrons. The Morgan fingerprint density at radius 3 is 2.80 bits per heavy atom. The van der Waals surface area contributed by atoms with E-state index in [0.29, 0.717) is 13.0 Å². The molecule has 1 saturated carbocycles. The Balaban J connectivity index is 1.39. The van der Waals surface area contributed by atoms with Crippen molar-refractivity contribution in [1.82, 2.24) is 20.1 Å². The molecule has 1 aromatic heterocycles. The Morgan fingerprint density at radius 1 is 1.20 bits per heavy atom. The molecule has 1 saturated heterocycles. The van der Waals surface area contributed by atoms with Gasteiger partial charge in [0.2, 0.25) is 0 Å². The number of urea groups is 1. The molecular formula is C27H29BrN4O3. The maximum atomic E-state index is 13.8. The topological polar surface area (TPSA) is 88.7 Å². The summed E-state index contributed by atoms with van der Waals surface area (Å²) in [5, 5.41) is 14.7. The molecule has 2 atom stereocenters. The summed E-state index contributed by atoms with van der Waals surface area (Å²) in [6.07, 6.45) is 3.76. The summed E-state index contributed by atoms with van der Waals surface area (Å²) in [6, 6.07) is 12.3. The quantitative estimate of drug-likeness (QED) is 0.301. The maximum absolute atomic E-state index is 13.8. The molecular weight excluding hydrogens is 508 g/mol. The van der Waals surface area contributed by atoms with E-state index in [1.807, 2.05) is 25.1 Å². The summed E-state index contributed by atoms with van der Waals surface area (Å²) in [4.78, 5) is 34.3. The molecule has 0 spiro atoms. The second kappa shape index (κ2) is 8.38. The predicted octanol–water partition coefficient (Wildman–Crippen LogP) is 4.69. The lowest BCUT2D eigenvalue weighted by Gasteiger charge is -2.42. The van der Waals surface area contributed by atoms with Gasteiger partial charge in [0.25, 0.3) is 5.91 Å². The molecule has 6 rings (SSSR count). The van der Waals surface area contributed by atoms with Gasteiger partial charge >= 0.3 is 6.03 Å². The van der Waals surface area contributed by atoms with Gasteiger partial charge in [0, 0.05) is 34.0 Å². The van der Waals surface area contributed by atoms with Crippen molar-refractivity contribution in [1.29, 1.82) is 0 Å². The fourth-order valence-corrected chi connectivity index (χ4v) is 6.08. The van der Waals surface area contributed by atoms with Gasteiger partial charge in [0.15, 0.2) is 0 Å². The highest BCUT2D eigenvalue weighted by Gasteiger charge is 2.60. The number of nitrogens with one attached hydrogen (secondary N) is 2. The zero-order valence-corrected chi connectivity index (χ0v) is 21.3. The van der Waals surface area contributed by atoms with E-state index in [2.05, 4.69) is 32.3 Å². The number of aromatic amines is 1. The van der Waals surface area contributed by atoms with Crippen molar-refractivity contribution in [2.45, 2.75) is 44.2 Å². The summed E-state index contributed by atoms with van der Waals surface area (Å²) in [7, 11) is 0. The van der Waals surface area contributed by atoms with Crippen molar-refractivity contribution in [2.75, 3.05) is 19.6 Å². The number of aromatic nitrogens is 1. The molecule has 0 bridgehead atoms. The average Bonchev–Trinajstić information content (AvgIpc) is 3.56. The first-order chi connectivity index (χ1) is 16.9. The largest absolute Gasteiger partial charge is 0.508 e. The molecule has 7 nitrogen and oxygen atoms in total. The number of carbonyl (C=O) groups is 2. The molecule has 2 aromatic carbocycles. The van der Waals surface area contributed by atoms with Gasteiger partial charge in [-0.3, -0.25) is 14.6 Å². The minimum absolute atomic E-state index is 0.131. The van der Waals surface area contributed by atoms with Crippen LogP contribution in [0, 0.1) is 5.92 Å². The Morgan fingerprint density at radius 2 is 2.03 bits per heavy atom. The van der Waals surface area contributed by atoms with Gasteiger partial charge in [-0.15, -0.1) is 0 Å². The summed E-state index contributed by atoms with van der Waals surface area (Å²) < 4.78 is 0.961. The van der Waals surface area contributed by atoms with Gasteiger partial charge in [0.05, 0.1) is 0 Å². The van der Waals surface area contributed by atoms with Gasteiger partial charge in [-0.25, -0.2) is 4.79 Å². The van der Waals surface area contributed by atoms with E-state index in [4.69, 9.17) is 0 Å². The summed E-state index contributed by atoms with van der Waals surface area (Å²) in [5.74, 6) is 0.779. The first-order valence-corrected chi connectivity index (χ1v) is 13.1. The van der Waals surface area contributed by atoms with E-state index >= 15 is 0 Å². The first kappa shape index (κ1) is 22.6. The van der Waals surface area contributed by atoms with E-state index in [1.165, 1.54) is 17.7 Å². The molecule has 182 valence electrons. The van der Waals surface area contributed by atoms with Crippen molar-refractivity contribution in [3.05, 3.63) is 63.8 Å². The molecule has 1 aliphatic carbocycles. The van der Waals surface area contributed by atoms with E-state index in [-0.39, 0.29) is 17.7 Å². The summed E-state index contributed by atoms with van der Waals surface area (Å²) in [5.41, 5.74) is 2.68. The molecule has 8 heteroatoms. The number of phenols is 1. The molecule has 2 aliphatic heterocycles. The fraction of sp³-hybridized carbons (Fsp3) is 0.407. The standard InChI is InChI=1S/C27H29BrN4O3/c1-27-14-21-20-13-18(28)8-9-22(20)30-23(21)24(17-4-2-5-19(33)12-17)32(27)26(35)31(25(27)34)11-3-10-29-15-16-6-7-16/h2,4-5,8-9,12-13,16,24,29-30,33H,3,6-7,10-11,14-15H2,1H3. The number of halogens is 1. The third-order valence-corrected chi connectivity index (χ3v) is 8.17. The van der Waals surface area contributed by atoms with Crippen molar-refractivity contribution in [3.63, 3.8) is 0 Å². The molecule has 3 amide bonds. The van der Waals surface area contributed by atoms with Crippen LogP contribution in [0.3, 0.4) is 0 Å². The number of hydrogen-bond donors (Lipinski definition) is 3. The average molecular weight is 537 g/mol. The Kier molecular flexibility index (Phi) is 5.41. The molecule has 3 heterocycles. The van der Waals surface area contributed by atoms with Crippen LogP contribution in [-0.4, -0.2) is 57.0 Å². The summed E-state index contributed by atoms with van der Waals surface area (Å²) >= 11 is 3.58.